The van der Waals surface area contributed by atoms with E-state index in [0.717, 1.165) is 32.4 Å². The highest BCUT2D eigenvalue weighted by atomic mass is 16.2. The summed E-state index contributed by atoms with van der Waals surface area (Å²) in [7, 11) is 0. The van der Waals surface area contributed by atoms with E-state index < -0.39 is 0 Å². The molecule has 1 heterocycles. The molecule has 26 heavy (non-hydrogen) atoms. The number of urea groups is 1. The molecule has 0 spiro atoms. The minimum atomic E-state index is -0.135. The molecule has 1 aromatic rings. The normalized spacial score (nSPS) is 14.4. The van der Waals surface area contributed by atoms with Gasteiger partial charge in [0.1, 0.15) is 0 Å². The summed E-state index contributed by atoms with van der Waals surface area (Å²) in [6.07, 6.45) is 7.49. The SMILES string of the molecule is C=CCN(CCc1ccccc1)C(=O)NCCC(=O)N1CCCCCC1. The second kappa shape index (κ2) is 11.3. The Morgan fingerprint density at radius 1 is 1.12 bits per heavy atom. The highest BCUT2D eigenvalue weighted by Crippen LogP contribution is 2.10. The highest BCUT2D eigenvalue weighted by Gasteiger charge is 2.16. The van der Waals surface area contributed by atoms with Crippen LogP contribution in [0.2, 0.25) is 0 Å². The second-order valence-electron chi connectivity index (χ2n) is 6.75. The molecule has 0 aliphatic carbocycles. The van der Waals surface area contributed by atoms with Crippen LogP contribution < -0.4 is 5.32 Å². The number of benzene rings is 1. The van der Waals surface area contributed by atoms with Gasteiger partial charge in [0.05, 0.1) is 0 Å². The molecular weight excluding hydrogens is 326 g/mol. The van der Waals surface area contributed by atoms with Gasteiger partial charge in [-0.05, 0) is 24.8 Å². The average molecular weight is 357 g/mol. The van der Waals surface area contributed by atoms with Crippen LogP contribution in [0.15, 0.2) is 43.0 Å². The molecule has 0 unspecified atom stereocenters. The van der Waals surface area contributed by atoms with E-state index >= 15 is 0 Å². The first-order chi connectivity index (χ1) is 12.7. The first kappa shape index (κ1) is 20.0. The van der Waals surface area contributed by atoms with Crippen LogP contribution in [0, 0.1) is 0 Å². The number of rotatable bonds is 8. The summed E-state index contributed by atoms with van der Waals surface area (Å²) >= 11 is 0. The zero-order chi connectivity index (χ0) is 18.6. The van der Waals surface area contributed by atoms with Crippen molar-refractivity contribution in [3.8, 4) is 0 Å². The molecule has 3 amide bonds. The van der Waals surface area contributed by atoms with Crippen LogP contribution in [-0.2, 0) is 11.2 Å². The Bertz CT molecular complexity index is 566. The zero-order valence-electron chi connectivity index (χ0n) is 15.7. The maximum atomic E-state index is 12.4. The largest absolute Gasteiger partial charge is 0.343 e. The van der Waals surface area contributed by atoms with Crippen molar-refractivity contribution in [1.82, 2.24) is 15.1 Å². The van der Waals surface area contributed by atoms with Crippen molar-refractivity contribution in [3.63, 3.8) is 0 Å². The van der Waals surface area contributed by atoms with Gasteiger partial charge < -0.3 is 15.1 Å². The smallest absolute Gasteiger partial charge is 0.317 e. The fraction of sp³-hybridized carbons (Fsp3) is 0.524. The van der Waals surface area contributed by atoms with Crippen molar-refractivity contribution in [2.75, 3.05) is 32.7 Å². The van der Waals surface area contributed by atoms with E-state index in [4.69, 9.17) is 0 Å². The molecule has 5 nitrogen and oxygen atoms in total. The Kier molecular flexibility index (Phi) is 8.73. The molecule has 0 radical (unpaired) electrons. The zero-order valence-corrected chi connectivity index (χ0v) is 15.7. The lowest BCUT2D eigenvalue weighted by Crippen LogP contribution is -2.43. The first-order valence-electron chi connectivity index (χ1n) is 9.66. The molecule has 1 N–H and O–H groups in total. The van der Waals surface area contributed by atoms with Crippen molar-refractivity contribution in [3.05, 3.63) is 48.6 Å². The lowest BCUT2D eigenvalue weighted by molar-refractivity contribution is -0.131. The number of hydrogen-bond acceptors (Lipinski definition) is 2. The summed E-state index contributed by atoms with van der Waals surface area (Å²) in [5.74, 6) is 0.145. The Morgan fingerprint density at radius 3 is 2.46 bits per heavy atom. The summed E-state index contributed by atoms with van der Waals surface area (Å²) in [6.45, 7) is 6.95. The number of carbonyl (C=O) groups is 2. The summed E-state index contributed by atoms with van der Waals surface area (Å²) in [5.41, 5.74) is 1.20. The van der Waals surface area contributed by atoms with Crippen LogP contribution >= 0.6 is 0 Å². The van der Waals surface area contributed by atoms with E-state index in [-0.39, 0.29) is 11.9 Å². The Labute approximate surface area is 157 Å². The molecule has 1 aromatic carbocycles. The Hall–Kier alpha value is -2.30. The topological polar surface area (TPSA) is 52.7 Å². The van der Waals surface area contributed by atoms with Gasteiger partial charge in [0.15, 0.2) is 0 Å². The molecule has 1 aliphatic heterocycles. The fourth-order valence-corrected chi connectivity index (χ4v) is 3.21. The van der Waals surface area contributed by atoms with Crippen LogP contribution in [0.5, 0.6) is 0 Å². The quantitative estimate of drug-likeness (QED) is 0.726. The van der Waals surface area contributed by atoms with Crippen LogP contribution in [0.25, 0.3) is 0 Å². The monoisotopic (exact) mass is 357 g/mol. The van der Waals surface area contributed by atoms with Gasteiger partial charge in [-0.3, -0.25) is 4.79 Å². The second-order valence-corrected chi connectivity index (χ2v) is 6.75. The lowest BCUT2D eigenvalue weighted by Gasteiger charge is -2.23. The van der Waals surface area contributed by atoms with Crippen molar-refractivity contribution in [2.24, 2.45) is 0 Å². The number of nitrogens with zero attached hydrogens (tertiary/aromatic N) is 2. The number of carbonyl (C=O) groups excluding carboxylic acids is 2. The first-order valence-corrected chi connectivity index (χ1v) is 9.66. The van der Waals surface area contributed by atoms with E-state index in [2.05, 4.69) is 24.0 Å². The van der Waals surface area contributed by atoms with Gasteiger partial charge in [-0.1, -0.05) is 49.2 Å². The van der Waals surface area contributed by atoms with E-state index in [9.17, 15) is 9.59 Å². The predicted octanol–water partition coefficient (Wildman–Crippen LogP) is 3.22. The van der Waals surface area contributed by atoms with Crippen molar-refractivity contribution >= 4 is 11.9 Å². The van der Waals surface area contributed by atoms with Crippen LogP contribution in [0.3, 0.4) is 0 Å². The number of hydrogen-bond donors (Lipinski definition) is 1. The van der Waals surface area contributed by atoms with Crippen molar-refractivity contribution in [1.29, 1.82) is 0 Å². The van der Waals surface area contributed by atoms with Crippen molar-refractivity contribution in [2.45, 2.75) is 38.5 Å². The molecule has 1 fully saturated rings. The van der Waals surface area contributed by atoms with E-state index in [1.54, 1.807) is 11.0 Å². The molecule has 2 rings (SSSR count). The lowest BCUT2D eigenvalue weighted by atomic mass is 10.1. The number of likely N-dealkylation sites (tertiary alicyclic amines) is 1. The van der Waals surface area contributed by atoms with Gasteiger partial charge >= 0.3 is 6.03 Å². The standard InChI is InChI=1S/C21H31N3O2/c1-2-15-24(18-13-19-10-6-5-7-11-19)21(26)22-14-12-20(25)23-16-8-3-4-9-17-23/h2,5-7,10-11H,1,3-4,8-9,12-18H2,(H,22,26). The third-order valence-electron chi connectivity index (χ3n) is 4.72. The average Bonchev–Trinajstić information content (AvgIpc) is 2.95. The van der Waals surface area contributed by atoms with Gasteiger partial charge in [0.2, 0.25) is 5.91 Å². The molecular formula is C21H31N3O2. The summed E-state index contributed by atoms with van der Waals surface area (Å²) in [6, 6.07) is 9.97. The highest BCUT2D eigenvalue weighted by molar-refractivity contribution is 5.78. The van der Waals surface area contributed by atoms with E-state index in [1.807, 2.05) is 23.1 Å². The summed E-state index contributed by atoms with van der Waals surface area (Å²) in [5, 5.41) is 2.88. The maximum Gasteiger partial charge on any atom is 0.317 e. The minimum absolute atomic E-state index is 0.135. The molecule has 0 saturated carbocycles. The molecule has 1 saturated heterocycles. The van der Waals surface area contributed by atoms with Crippen LogP contribution in [-0.4, -0.2) is 54.5 Å². The Balaban J connectivity index is 1.74. The predicted molar refractivity (Wildman–Crippen MR) is 105 cm³/mol. The third-order valence-corrected chi connectivity index (χ3v) is 4.72. The Morgan fingerprint density at radius 2 is 1.81 bits per heavy atom. The molecule has 0 aromatic heterocycles. The molecule has 1 aliphatic rings. The van der Waals surface area contributed by atoms with Gasteiger partial charge in [-0.25, -0.2) is 4.79 Å². The molecule has 5 heteroatoms. The fourth-order valence-electron chi connectivity index (χ4n) is 3.21. The van der Waals surface area contributed by atoms with Crippen LogP contribution in [0.1, 0.15) is 37.7 Å². The summed E-state index contributed by atoms with van der Waals surface area (Å²) < 4.78 is 0. The summed E-state index contributed by atoms with van der Waals surface area (Å²) in [4.78, 5) is 28.4. The van der Waals surface area contributed by atoms with Crippen molar-refractivity contribution < 1.29 is 9.59 Å². The van der Waals surface area contributed by atoms with Gasteiger partial charge in [-0.2, -0.15) is 0 Å². The third kappa shape index (κ3) is 6.90. The van der Waals surface area contributed by atoms with E-state index in [1.165, 1.54) is 18.4 Å². The minimum Gasteiger partial charge on any atom is -0.343 e. The molecule has 142 valence electrons. The van der Waals surface area contributed by atoms with Crippen LogP contribution in [0.4, 0.5) is 4.79 Å². The van der Waals surface area contributed by atoms with Gasteiger partial charge in [0, 0.05) is 39.1 Å². The number of nitrogens with one attached hydrogen (secondary N) is 1. The number of amides is 3. The van der Waals surface area contributed by atoms with Gasteiger partial charge in [-0.15, -0.1) is 6.58 Å². The molecule has 0 bridgehead atoms. The van der Waals surface area contributed by atoms with Gasteiger partial charge in [0.25, 0.3) is 0 Å². The molecule has 0 atom stereocenters. The maximum absolute atomic E-state index is 12.4. The van der Waals surface area contributed by atoms with E-state index in [0.29, 0.717) is 26.1 Å².